The van der Waals surface area contributed by atoms with Crippen molar-refractivity contribution in [1.82, 2.24) is 14.5 Å². The lowest BCUT2D eigenvalue weighted by atomic mass is 9.90. The van der Waals surface area contributed by atoms with Gasteiger partial charge in [0.2, 0.25) is 0 Å². The number of hydrogen-bond donors (Lipinski definition) is 0. The quantitative estimate of drug-likeness (QED) is 0.176. The second-order valence-corrected chi connectivity index (χ2v) is 13.8. The maximum atomic E-state index is 4.80. The third kappa shape index (κ3) is 4.39. The van der Waals surface area contributed by atoms with Crippen LogP contribution in [0.2, 0.25) is 0 Å². The van der Waals surface area contributed by atoms with E-state index in [4.69, 9.17) is 9.97 Å². The standard InChI is InChI=1S/C49H31N3/c1-2-10-31(11-3-1)36-26-37(28-38(27-36)43-29-35-15-8-24-50-48(35)49-40(43)18-9-25-51-49)32-20-22-39(23-21-32)52-44-19-5-4-16-41(44)47-42-17-7-13-33-12-6-14-34(46(33)42)30-45(47)52/h1-16,18-30H,17H2. The molecular formula is C49H31N3. The van der Waals surface area contributed by atoms with Gasteiger partial charge in [0, 0.05) is 39.6 Å². The molecule has 0 fully saturated rings. The van der Waals surface area contributed by atoms with Crippen LogP contribution in [0.4, 0.5) is 0 Å². The molecule has 11 rings (SSSR count). The Labute approximate surface area is 300 Å². The fourth-order valence-electron chi connectivity index (χ4n) is 8.53. The predicted molar refractivity (Wildman–Crippen MR) is 218 cm³/mol. The van der Waals surface area contributed by atoms with Gasteiger partial charge in [0.1, 0.15) is 0 Å². The highest BCUT2D eigenvalue weighted by Crippen LogP contribution is 2.42. The van der Waals surface area contributed by atoms with E-state index < -0.39 is 0 Å². The molecule has 1 aliphatic carbocycles. The van der Waals surface area contributed by atoms with E-state index in [2.05, 4.69) is 156 Å². The van der Waals surface area contributed by atoms with E-state index in [1.54, 1.807) is 0 Å². The van der Waals surface area contributed by atoms with E-state index in [0.29, 0.717) is 0 Å². The number of rotatable bonds is 4. The van der Waals surface area contributed by atoms with Gasteiger partial charge in [-0.1, -0.05) is 103 Å². The second-order valence-electron chi connectivity index (χ2n) is 13.8. The molecule has 0 unspecified atom stereocenters. The largest absolute Gasteiger partial charge is 0.309 e. The number of benzene rings is 7. The Hall–Kier alpha value is -6.84. The Bertz CT molecular complexity index is 3080. The molecule has 0 radical (unpaired) electrons. The van der Waals surface area contributed by atoms with Crippen molar-refractivity contribution < 1.29 is 0 Å². The van der Waals surface area contributed by atoms with E-state index in [1.165, 1.54) is 66.0 Å². The molecule has 3 aromatic heterocycles. The van der Waals surface area contributed by atoms with Crippen LogP contribution in [0.15, 0.2) is 170 Å². The topological polar surface area (TPSA) is 30.7 Å². The molecule has 1 aliphatic rings. The molecule has 0 saturated carbocycles. The first-order chi connectivity index (χ1) is 25.8. The van der Waals surface area contributed by atoms with Crippen molar-refractivity contribution in [2.45, 2.75) is 6.42 Å². The molecule has 0 spiro atoms. The molecule has 10 aromatic rings. The summed E-state index contributed by atoms with van der Waals surface area (Å²) in [7, 11) is 0. The molecule has 3 heteroatoms. The van der Waals surface area contributed by atoms with Crippen molar-refractivity contribution in [2.24, 2.45) is 0 Å². The van der Waals surface area contributed by atoms with Gasteiger partial charge in [0.15, 0.2) is 0 Å². The molecular weight excluding hydrogens is 631 g/mol. The number of fused-ring (bicyclic) bond motifs is 7. The van der Waals surface area contributed by atoms with Crippen molar-refractivity contribution >= 4 is 60.5 Å². The van der Waals surface area contributed by atoms with E-state index >= 15 is 0 Å². The minimum absolute atomic E-state index is 0.923. The van der Waals surface area contributed by atoms with Crippen LogP contribution in [-0.2, 0) is 6.42 Å². The smallest absolute Gasteiger partial charge is 0.0970 e. The molecule has 0 bridgehead atoms. The van der Waals surface area contributed by atoms with Crippen LogP contribution in [0.1, 0.15) is 11.1 Å². The number of para-hydroxylation sites is 1. The van der Waals surface area contributed by atoms with Gasteiger partial charge in [-0.3, -0.25) is 9.97 Å². The summed E-state index contributed by atoms with van der Waals surface area (Å²) in [6.07, 6.45) is 9.23. The Morgan fingerprint density at radius 1 is 0.462 bits per heavy atom. The highest BCUT2D eigenvalue weighted by Gasteiger charge is 2.20. The fourth-order valence-corrected chi connectivity index (χ4v) is 8.53. The summed E-state index contributed by atoms with van der Waals surface area (Å²) in [6, 6.07) is 55.2. The van der Waals surface area contributed by atoms with Crippen LogP contribution >= 0.6 is 0 Å². The third-order valence-electron chi connectivity index (χ3n) is 10.8. The van der Waals surface area contributed by atoms with Gasteiger partial charge in [-0.15, -0.1) is 0 Å². The van der Waals surface area contributed by atoms with Crippen LogP contribution in [0.25, 0.3) is 99.5 Å². The molecule has 3 heterocycles. The van der Waals surface area contributed by atoms with Crippen molar-refractivity contribution in [3.63, 3.8) is 0 Å². The lowest BCUT2D eigenvalue weighted by Crippen LogP contribution is -1.97. The molecule has 52 heavy (non-hydrogen) atoms. The molecule has 0 N–H and O–H groups in total. The zero-order chi connectivity index (χ0) is 34.2. The first-order valence-corrected chi connectivity index (χ1v) is 17.9. The Balaban J connectivity index is 1.10. The Morgan fingerprint density at radius 3 is 2.04 bits per heavy atom. The normalized spacial score (nSPS) is 12.5. The van der Waals surface area contributed by atoms with Gasteiger partial charge >= 0.3 is 0 Å². The molecule has 0 atom stereocenters. The summed E-state index contributed by atoms with van der Waals surface area (Å²) < 4.78 is 2.45. The first kappa shape index (κ1) is 28.9. The van der Waals surface area contributed by atoms with Crippen LogP contribution in [0.3, 0.4) is 0 Å². The third-order valence-corrected chi connectivity index (χ3v) is 10.8. The van der Waals surface area contributed by atoms with E-state index in [9.17, 15) is 0 Å². The van der Waals surface area contributed by atoms with Gasteiger partial charge in [-0.2, -0.15) is 0 Å². The summed E-state index contributed by atoms with van der Waals surface area (Å²) in [4.78, 5) is 9.51. The average molecular weight is 662 g/mol. The molecule has 0 aliphatic heterocycles. The van der Waals surface area contributed by atoms with Crippen LogP contribution in [-0.4, -0.2) is 14.5 Å². The summed E-state index contributed by atoms with van der Waals surface area (Å²) in [5.41, 5.74) is 15.2. The maximum Gasteiger partial charge on any atom is 0.0970 e. The van der Waals surface area contributed by atoms with Gasteiger partial charge in [-0.05, 0) is 122 Å². The van der Waals surface area contributed by atoms with Crippen molar-refractivity contribution in [3.05, 3.63) is 181 Å². The lowest BCUT2D eigenvalue weighted by molar-refractivity contribution is 1.18. The molecule has 242 valence electrons. The highest BCUT2D eigenvalue weighted by atomic mass is 15.0. The van der Waals surface area contributed by atoms with E-state index in [0.717, 1.165) is 45.0 Å². The minimum Gasteiger partial charge on any atom is -0.309 e. The second kappa shape index (κ2) is 11.3. The Morgan fingerprint density at radius 2 is 1.17 bits per heavy atom. The number of nitrogens with zero attached hydrogens (tertiary/aromatic N) is 3. The van der Waals surface area contributed by atoms with Gasteiger partial charge in [0.25, 0.3) is 0 Å². The van der Waals surface area contributed by atoms with E-state index in [-0.39, 0.29) is 0 Å². The zero-order valence-electron chi connectivity index (χ0n) is 28.3. The summed E-state index contributed by atoms with van der Waals surface area (Å²) in [6.45, 7) is 0. The molecule has 0 saturated heterocycles. The monoisotopic (exact) mass is 661 g/mol. The van der Waals surface area contributed by atoms with Gasteiger partial charge in [-0.25, -0.2) is 0 Å². The van der Waals surface area contributed by atoms with Crippen LogP contribution < -0.4 is 0 Å². The molecule has 7 aromatic carbocycles. The van der Waals surface area contributed by atoms with Crippen LogP contribution in [0, 0.1) is 0 Å². The average Bonchev–Trinajstić information content (AvgIpc) is 3.55. The molecule has 0 amide bonds. The minimum atomic E-state index is 0.923. The van der Waals surface area contributed by atoms with Crippen molar-refractivity contribution in [3.8, 4) is 39.1 Å². The maximum absolute atomic E-state index is 4.80. The van der Waals surface area contributed by atoms with Crippen molar-refractivity contribution in [1.29, 1.82) is 0 Å². The number of hydrogen-bond acceptors (Lipinski definition) is 2. The lowest BCUT2D eigenvalue weighted by Gasteiger charge is -2.16. The summed E-state index contributed by atoms with van der Waals surface area (Å²) in [5, 5.41) is 7.52. The zero-order valence-corrected chi connectivity index (χ0v) is 28.3. The SMILES string of the molecule is C1=Cc2cccc3cc4c(c(c23)C1)c1ccccc1n4-c1ccc(-c2cc(-c3ccccc3)cc(-c3cc4cccnc4c4ncccc34)c2)cc1. The summed E-state index contributed by atoms with van der Waals surface area (Å²) >= 11 is 0. The predicted octanol–water partition coefficient (Wildman–Crippen LogP) is 12.6. The number of pyridine rings is 2. The molecule has 3 nitrogen and oxygen atoms in total. The number of allylic oxidation sites excluding steroid dienone is 1. The summed E-state index contributed by atoms with van der Waals surface area (Å²) in [5.74, 6) is 0. The van der Waals surface area contributed by atoms with Crippen LogP contribution in [0.5, 0.6) is 0 Å². The van der Waals surface area contributed by atoms with Gasteiger partial charge in [0.05, 0.1) is 22.1 Å². The first-order valence-electron chi connectivity index (χ1n) is 17.9. The van der Waals surface area contributed by atoms with Crippen molar-refractivity contribution in [2.75, 3.05) is 0 Å². The Kier molecular flexibility index (Phi) is 6.31. The fraction of sp³-hybridized carbons (Fsp3) is 0.0204. The number of aromatic nitrogens is 3. The highest BCUT2D eigenvalue weighted by molar-refractivity contribution is 6.18. The van der Waals surface area contributed by atoms with E-state index in [1.807, 2.05) is 24.5 Å². The van der Waals surface area contributed by atoms with Gasteiger partial charge < -0.3 is 4.57 Å².